The molecule has 25 heavy (non-hydrogen) atoms. The minimum absolute atomic E-state index is 0.103. The second-order valence-electron chi connectivity index (χ2n) is 7.49. The molecule has 4 nitrogen and oxygen atoms in total. The zero-order valence-corrected chi connectivity index (χ0v) is 15.3. The predicted molar refractivity (Wildman–Crippen MR) is 95.0 cm³/mol. The lowest BCUT2D eigenvalue weighted by Gasteiger charge is -2.36. The molecule has 1 saturated carbocycles. The molecule has 1 aromatic rings. The molecule has 7 heteroatoms. The Morgan fingerprint density at radius 3 is 2.80 bits per heavy atom. The first-order chi connectivity index (χ1) is 11.7. The maximum Gasteiger partial charge on any atom is 0.413 e. The molecule has 0 bridgehead atoms. The summed E-state index contributed by atoms with van der Waals surface area (Å²) in [7, 11) is 0. The maximum atomic E-state index is 14.4. The van der Waals surface area contributed by atoms with Crippen molar-refractivity contribution in [1.29, 1.82) is 0 Å². The zero-order valence-electron chi connectivity index (χ0n) is 14.5. The molecular formula is C18H22F2N2O2S. The fourth-order valence-corrected chi connectivity index (χ4v) is 4.64. The number of aliphatic imine (C=N–C) groups is 1. The largest absolute Gasteiger partial charge is 0.444 e. The van der Waals surface area contributed by atoms with Crippen LogP contribution in [-0.2, 0) is 10.3 Å². The number of hydrogen-bond donors (Lipinski definition) is 1. The van der Waals surface area contributed by atoms with E-state index in [1.165, 1.54) is 17.8 Å². The molecule has 2 aliphatic rings. The van der Waals surface area contributed by atoms with Gasteiger partial charge in [-0.2, -0.15) is 0 Å². The van der Waals surface area contributed by atoms with Crippen molar-refractivity contribution in [1.82, 2.24) is 5.32 Å². The highest BCUT2D eigenvalue weighted by Gasteiger charge is 2.52. The fraction of sp³-hybridized carbons (Fsp3) is 0.556. The number of thioether (sulfide) groups is 1. The van der Waals surface area contributed by atoms with E-state index in [9.17, 15) is 13.6 Å². The summed E-state index contributed by atoms with van der Waals surface area (Å²) in [6.45, 7) is 5.30. The van der Waals surface area contributed by atoms with Gasteiger partial charge >= 0.3 is 6.09 Å². The second kappa shape index (κ2) is 6.59. The van der Waals surface area contributed by atoms with Crippen molar-refractivity contribution >= 4 is 23.0 Å². The summed E-state index contributed by atoms with van der Waals surface area (Å²) >= 11 is 1.34. The third kappa shape index (κ3) is 3.81. The lowest BCUT2D eigenvalue weighted by molar-refractivity contribution is 0.0564. The van der Waals surface area contributed by atoms with Gasteiger partial charge in [-0.15, -0.1) is 0 Å². The molecule has 1 aromatic carbocycles. The molecule has 3 atom stereocenters. The molecule has 1 aliphatic carbocycles. The Balaban J connectivity index is 1.92. The number of ether oxygens (including phenoxy) is 1. The molecule has 0 radical (unpaired) electrons. The van der Waals surface area contributed by atoms with E-state index in [1.54, 1.807) is 39.0 Å². The average Bonchev–Trinajstić information content (AvgIpc) is 2.81. The molecule has 1 N–H and O–H groups in total. The third-order valence-electron chi connectivity index (χ3n) is 4.42. The lowest BCUT2D eigenvalue weighted by Crippen LogP contribution is -2.42. The van der Waals surface area contributed by atoms with Crippen molar-refractivity contribution in [3.05, 3.63) is 35.6 Å². The van der Waals surface area contributed by atoms with Crippen molar-refractivity contribution in [3.8, 4) is 0 Å². The summed E-state index contributed by atoms with van der Waals surface area (Å²) in [4.78, 5) is 16.6. The number of carbonyl (C=O) groups excluding carboxylic acids is 1. The van der Waals surface area contributed by atoms with Gasteiger partial charge in [0.25, 0.3) is 0 Å². The van der Waals surface area contributed by atoms with Crippen LogP contribution in [0.2, 0.25) is 0 Å². The Bertz CT molecular complexity index is 705. The number of hydrogen-bond acceptors (Lipinski definition) is 4. The zero-order chi connectivity index (χ0) is 18.2. The first-order valence-electron chi connectivity index (χ1n) is 8.31. The molecule has 1 unspecified atom stereocenters. The summed E-state index contributed by atoms with van der Waals surface area (Å²) < 4.78 is 33.9. The van der Waals surface area contributed by atoms with Crippen LogP contribution in [0.25, 0.3) is 0 Å². The second-order valence-corrected chi connectivity index (χ2v) is 8.50. The minimum atomic E-state index is -1.03. The number of nitrogens with one attached hydrogen (secondary N) is 1. The molecule has 1 aliphatic heterocycles. The van der Waals surface area contributed by atoms with Crippen LogP contribution in [-0.4, -0.2) is 28.8 Å². The number of alkyl halides is 1. The first kappa shape index (κ1) is 18.2. The van der Waals surface area contributed by atoms with Crippen LogP contribution >= 0.6 is 11.8 Å². The Hall–Kier alpha value is -1.63. The van der Waals surface area contributed by atoms with Crippen molar-refractivity contribution < 1.29 is 18.3 Å². The molecule has 0 spiro atoms. The summed E-state index contributed by atoms with van der Waals surface area (Å²) in [6, 6.07) is 6.36. The number of fused-ring (bicyclic) bond motifs is 1. The summed E-state index contributed by atoms with van der Waals surface area (Å²) in [5, 5.41) is 2.97. The van der Waals surface area contributed by atoms with Crippen LogP contribution in [0.5, 0.6) is 0 Å². The van der Waals surface area contributed by atoms with Gasteiger partial charge in [-0.25, -0.2) is 13.6 Å². The number of benzene rings is 1. The van der Waals surface area contributed by atoms with Crippen molar-refractivity contribution in [2.45, 2.75) is 50.9 Å². The first-order valence-corrected chi connectivity index (χ1v) is 9.30. The van der Waals surface area contributed by atoms with E-state index in [2.05, 4.69) is 10.3 Å². The Morgan fingerprint density at radius 2 is 2.12 bits per heavy atom. The topological polar surface area (TPSA) is 50.7 Å². The normalized spacial score (nSPS) is 28.9. The van der Waals surface area contributed by atoms with E-state index in [0.717, 1.165) is 0 Å². The van der Waals surface area contributed by atoms with Crippen LogP contribution in [0, 0.1) is 11.7 Å². The standard InChI is InChI=1S/C18H22F2N2O2S/c1-17(2,3)24-16(23)21-15-22-18(13-6-4-5-7-14(13)20)9-12(19)8-11(18)10-25-15/h4-7,11-12H,8-10H2,1-3H3,(H,21,22,23)/t11?,12-,18+/m1/s1. The highest BCUT2D eigenvalue weighted by Crippen LogP contribution is 2.52. The summed E-state index contributed by atoms with van der Waals surface area (Å²) in [6.07, 6.45) is -1.17. The number of carbonyl (C=O) groups is 1. The monoisotopic (exact) mass is 368 g/mol. The van der Waals surface area contributed by atoms with Crippen LogP contribution in [0.15, 0.2) is 29.3 Å². The van der Waals surface area contributed by atoms with Crippen LogP contribution in [0.3, 0.4) is 0 Å². The van der Waals surface area contributed by atoms with E-state index >= 15 is 0 Å². The third-order valence-corrected chi connectivity index (χ3v) is 5.45. The SMILES string of the molecule is CC(C)(C)OC(=O)NC1=N[C@@]2(c3ccccc3F)C[C@H](F)CC2CS1. The Labute approximate surface area is 150 Å². The number of amidine groups is 1. The van der Waals surface area contributed by atoms with E-state index in [4.69, 9.17) is 4.74 Å². The average molecular weight is 368 g/mol. The van der Waals surface area contributed by atoms with Gasteiger partial charge < -0.3 is 4.74 Å². The fourth-order valence-electron chi connectivity index (χ4n) is 3.48. The van der Waals surface area contributed by atoms with Crippen molar-refractivity contribution in [2.75, 3.05) is 5.75 Å². The van der Waals surface area contributed by atoms with Crippen molar-refractivity contribution in [3.63, 3.8) is 0 Å². The van der Waals surface area contributed by atoms with Crippen LogP contribution in [0.4, 0.5) is 13.6 Å². The number of rotatable bonds is 1. The van der Waals surface area contributed by atoms with Gasteiger partial charge in [-0.05, 0) is 33.3 Å². The molecule has 3 rings (SSSR count). The summed E-state index contributed by atoms with van der Waals surface area (Å²) in [5.74, 6) is 0.0751. The Morgan fingerprint density at radius 1 is 1.40 bits per heavy atom. The molecule has 136 valence electrons. The number of nitrogens with zero attached hydrogens (tertiary/aromatic N) is 1. The molecule has 1 heterocycles. The highest BCUT2D eigenvalue weighted by atomic mass is 32.2. The lowest BCUT2D eigenvalue weighted by atomic mass is 9.81. The number of halogens is 2. The van der Waals surface area contributed by atoms with Gasteiger partial charge in [-0.1, -0.05) is 30.0 Å². The van der Waals surface area contributed by atoms with Crippen LogP contribution < -0.4 is 5.32 Å². The Kier molecular flexibility index (Phi) is 4.79. The molecule has 1 amide bonds. The van der Waals surface area contributed by atoms with E-state index in [0.29, 0.717) is 22.9 Å². The smallest absolute Gasteiger partial charge is 0.413 e. The highest BCUT2D eigenvalue weighted by molar-refractivity contribution is 8.13. The quantitative estimate of drug-likeness (QED) is 0.799. The molecule has 0 saturated heterocycles. The van der Waals surface area contributed by atoms with Gasteiger partial charge in [0.1, 0.15) is 17.6 Å². The predicted octanol–water partition coefficient (Wildman–Crippen LogP) is 4.40. The van der Waals surface area contributed by atoms with Gasteiger partial charge in [0.05, 0.1) is 5.54 Å². The van der Waals surface area contributed by atoms with Gasteiger partial charge in [0, 0.05) is 23.7 Å². The van der Waals surface area contributed by atoms with E-state index in [1.807, 2.05) is 0 Å². The number of amides is 1. The van der Waals surface area contributed by atoms with Gasteiger partial charge in [0.2, 0.25) is 0 Å². The van der Waals surface area contributed by atoms with Gasteiger partial charge in [-0.3, -0.25) is 10.3 Å². The molecular weight excluding hydrogens is 346 g/mol. The van der Waals surface area contributed by atoms with Crippen molar-refractivity contribution in [2.24, 2.45) is 10.9 Å². The minimum Gasteiger partial charge on any atom is -0.444 e. The van der Waals surface area contributed by atoms with Crippen LogP contribution in [0.1, 0.15) is 39.2 Å². The van der Waals surface area contributed by atoms with Gasteiger partial charge in [0.15, 0.2) is 5.17 Å². The van der Waals surface area contributed by atoms with E-state index in [-0.39, 0.29) is 12.3 Å². The van der Waals surface area contributed by atoms with E-state index < -0.39 is 29.2 Å². The number of alkyl carbamates (subject to hydrolysis) is 1. The molecule has 1 fully saturated rings. The maximum absolute atomic E-state index is 14.4. The molecule has 0 aromatic heterocycles. The summed E-state index contributed by atoms with van der Waals surface area (Å²) in [5.41, 5.74) is -1.21.